The minimum atomic E-state index is -0.611. The monoisotopic (exact) mass is 691 g/mol. The van der Waals surface area contributed by atoms with Crippen molar-refractivity contribution in [3.8, 4) is 5.75 Å². The number of hydrogen-bond acceptors (Lipinski definition) is 12. The summed E-state index contributed by atoms with van der Waals surface area (Å²) in [7, 11) is 0. The van der Waals surface area contributed by atoms with Crippen molar-refractivity contribution in [3.05, 3.63) is 23.8 Å². The lowest BCUT2D eigenvalue weighted by molar-refractivity contribution is -0.158. The van der Waals surface area contributed by atoms with E-state index in [9.17, 15) is 14.4 Å². The Balaban J connectivity index is 2.41. The highest BCUT2D eigenvalue weighted by Gasteiger charge is 2.26. The zero-order chi connectivity index (χ0) is 37.2. The zero-order valence-electron chi connectivity index (χ0n) is 32.4. The van der Waals surface area contributed by atoms with E-state index in [0.717, 1.165) is 11.3 Å². The number of nitrogens with two attached hydrogens (primary N) is 1. The van der Waals surface area contributed by atoms with E-state index in [1.807, 2.05) is 106 Å². The molecule has 12 heteroatoms. The van der Waals surface area contributed by atoms with Gasteiger partial charge in [0, 0.05) is 70.2 Å². The maximum absolute atomic E-state index is 13.0. The predicted octanol–water partition coefficient (Wildman–Crippen LogP) is 4.19. The van der Waals surface area contributed by atoms with Crippen LogP contribution in [0.15, 0.2) is 18.2 Å². The zero-order valence-corrected chi connectivity index (χ0v) is 32.4. The molecule has 49 heavy (non-hydrogen) atoms. The fourth-order valence-corrected chi connectivity index (χ4v) is 5.27. The number of carbonyl (C=O) groups excluding carboxylic acids is 3. The number of ether oxygens (including phenoxy) is 4. The number of nitrogen functional groups attached to an aromatic ring is 1. The van der Waals surface area contributed by atoms with Gasteiger partial charge < -0.3 is 24.7 Å². The lowest BCUT2D eigenvalue weighted by Crippen LogP contribution is -2.49. The number of rotatable bonds is 9. The molecule has 2 N–H and O–H groups in total. The van der Waals surface area contributed by atoms with Crippen LogP contribution in [0.25, 0.3) is 0 Å². The lowest BCUT2D eigenvalue weighted by Gasteiger charge is -2.34. The van der Waals surface area contributed by atoms with E-state index in [1.54, 1.807) is 0 Å². The van der Waals surface area contributed by atoms with Crippen LogP contribution < -0.4 is 10.5 Å². The van der Waals surface area contributed by atoms with Gasteiger partial charge in [0.2, 0.25) is 0 Å². The highest BCUT2D eigenvalue weighted by atomic mass is 16.6. The van der Waals surface area contributed by atoms with E-state index in [2.05, 4.69) is 14.7 Å². The fraction of sp³-hybridized carbons (Fsp3) is 0.757. The SMILES string of the molecule is CC(C)(C)OC(=O)CN1CCN(CC(=O)OC(C)(C)C)CCN(Cc2cc(N)ccc2OC(C)(C)C)CCN(CC(=O)OC(C)(C)C)CC1. The molecule has 1 saturated heterocycles. The molecular weight excluding hydrogens is 626 g/mol. The average Bonchev–Trinajstić information content (AvgIpc) is 2.87. The van der Waals surface area contributed by atoms with E-state index >= 15 is 0 Å². The van der Waals surface area contributed by atoms with Crippen molar-refractivity contribution >= 4 is 23.6 Å². The Morgan fingerprint density at radius 3 is 1.18 bits per heavy atom. The summed E-state index contributed by atoms with van der Waals surface area (Å²) in [6.45, 7) is 28.1. The van der Waals surface area contributed by atoms with Gasteiger partial charge in [0.1, 0.15) is 28.2 Å². The second-order valence-electron chi connectivity index (χ2n) is 16.9. The molecule has 0 spiro atoms. The lowest BCUT2D eigenvalue weighted by atomic mass is 10.1. The molecule has 2 rings (SSSR count). The third-order valence-electron chi connectivity index (χ3n) is 7.14. The largest absolute Gasteiger partial charge is 0.488 e. The molecule has 0 radical (unpaired) electrons. The first-order valence-corrected chi connectivity index (χ1v) is 17.5. The van der Waals surface area contributed by atoms with Crippen LogP contribution in [0.3, 0.4) is 0 Å². The first-order chi connectivity index (χ1) is 22.4. The standard InChI is InChI=1S/C37H65N5O7/c1-34(2,3)46-30-14-13-29(38)23-28(30)24-39-15-17-40(25-31(43)47-35(4,5)6)19-21-42(27-33(45)49-37(10,11)12)22-20-41(18-16-39)26-32(44)48-36(7,8)9/h13-14,23H,15-22,24-27,38H2,1-12H3. The number of hydrogen-bond donors (Lipinski definition) is 1. The molecule has 280 valence electrons. The first-order valence-electron chi connectivity index (χ1n) is 17.5. The normalized spacial score (nSPS) is 17.5. The summed E-state index contributed by atoms with van der Waals surface area (Å²) >= 11 is 0. The van der Waals surface area contributed by atoms with Gasteiger partial charge in [0.25, 0.3) is 0 Å². The molecule has 0 saturated carbocycles. The van der Waals surface area contributed by atoms with E-state index in [1.165, 1.54) is 0 Å². The molecule has 1 aromatic rings. The van der Waals surface area contributed by atoms with Crippen molar-refractivity contribution < 1.29 is 33.3 Å². The van der Waals surface area contributed by atoms with Gasteiger partial charge in [-0.15, -0.1) is 0 Å². The van der Waals surface area contributed by atoms with Crippen molar-refractivity contribution in [1.82, 2.24) is 19.6 Å². The van der Waals surface area contributed by atoms with Crippen molar-refractivity contribution in [3.63, 3.8) is 0 Å². The number of anilines is 1. The number of nitrogens with zero attached hydrogens (tertiary/aromatic N) is 4. The van der Waals surface area contributed by atoms with Gasteiger partial charge in [0.05, 0.1) is 19.6 Å². The second kappa shape index (κ2) is 17.8. The molecule has 12 nitrogen and oxygen atoms in total. The molecular formula is C37H65N5O7. The average molecular weight is 692 g/mol. The van der Waals surface area contributed by atoms with E-state index in [-0.39, 0.29) is 37.5 Å². The molecule has 1 aromatic carbocycles. The van der Waals surface area contributed by atoms with Gasteiger partial charge in [-0.25, -0.2) is 0 Å². The second-order valence-corrected chi connectivity index (χ2v) is 16.9. The van der Waals surface area contributed by atoms with Gasteiger partial charge in [0.15, 0.2) is 0 Å². The number of esters is 3. The van der Waals surface area contributed by atoms with E-state index in [4.69, 9.17) is 24.7 Å². The Bertz CT molecular complexity index is 1180. The first kappa shape index (κ1) is 42.2. The summed E-state index contributed by atoms with van der Waals surface area (Å²) < 4.78 is 23.3. The van der Waals surface area contributed by atoms with Crippen LogP contribution in [0.4, 0.5) is 5.69 Å². The van der Waals surface area contributed by atoms with Gasteiger partial charge in [-0.05, 0) is 101 Å². The third-order valence-corrected chi connectivity index (χ3v) is 7.14. The third kappa shape index (κ3) is 19.2. The van der Waals surface area contributed by atoms with Crippen molar-refractivity contribution in [1.29, 1.82) is 0 Å². The van der Waals surface area contributed by atoms with Crippen molar-refractivity contribution in [2.24, 2.45) is 0 Å². The highest BCUT2D eigenvalue weighted by Crippen LogP contribution is 2.27. The van der Waals surface area contributed by atoms with Crippen LogP contribution in [0.5, 0.6) is 5.75 Å². The number of carbonyl (C=O) groups is 3. The molecule has 1 heterocycles. The Kier molecular flexibility index (Phi) is 15.4. The summed E-state index contributed by atoms with van der Waals surface area (Å²) in [5, 5.41) is 0. The summed E-state index contributed by atoms with van der Waals surface area (Å²) in [4.78, 5) is 47.4. The summed E-state index contributed by atoms with van der Waals surface area (Å²) in [5.41, 5.74) is 5.63. The van der Waals surface area contributed by atoms with Gasteiger partial charge >= 0.3 is 17.9 Å². The maximum atomic E-state index is 13.0. The van der Waals surface area contributed by atoms with Crippen LogP contribution in [0.1, 0.15) is 88.6 Å². The maximum Gasteiger partial charge on any atom is 0.320 e. The van der Waals surface area contributed by atoms with Crippen molar-refractivity contribution in [2.45, 2.75) is 112 Å². The fourth-order valence-electron chi connectivity index (χ4n) is 5.27. The molecule has 0 bridgehead atoms. The van der Waals surface area contributed by atoms with E-state index in [0.29, 0.717) is 64.6 Å². The molecule has 1 aliphatic rings. The van der Waals surface area contributed by atoms with Crippen molar-refractivity contribution in [2.75, 3.05) is 77.7 Å². The van der Waals surface area contributed by atoms with Gasteiger partial charge in [-0.2, -0.15) is 0 Å². The minimum Gasteiger partial charge on any atom is -0.488 e. The number of benzene rings is 1. The molecule has 0 unspecified atom stereocenters. The Morgan fingerprint density at radius 1 is 0.551 bits per heavy atom. The quantitative estimate of drug-likeness (QED) is 0.227. The Morgan fingerprint density at radius 2 is 0.878 bits per heavy atom. The smallest absolute Gasteiger partial charge is 0.320 e. The molecule has 1 aliphatic heterocycles. The Hall–Kier alpha value is -2.93. The molecule has 0 atom stereocenters. The van der Waals surface area contributed by atoms with Gasteiger partial charge in [-0.3, -0.25) is 34.0 Å². The molecule has 0 amide bonds. The summed E-state index contributed by atoms with van der Waals surface area (Å²) in [6, 6.07) is 5.70. The summed E-state index contributed by atoms with van der Waals surface area (Å²) in [6.07, 6.45) is 0. The van der Waals surface area contributed by atoms with Crippen LogP contribution in [0.2, 0.25) is 0 Å². The van der Waals surface area contributed by atoms with Crippen LogP contribution >= 0.6 is 0 Å². The summed E-state index contributed by atoms with van der Waals surface area (Å²) in [5.74, 6) is -0.157. The highest BCUT2D eigenvalue weighted by molar-refractivity contribution is 5.73. The van der Waals surface area contributed by atoms with Crippen LogP contribution in [-0.2, 0) is 35.1 Å². The molecule has 1 fully saturated rings. The minimum absolute atomic E-state index is 0.0932. The Labute approximate surface area is 295 Å². The predicted molar refractivity (Wildman–Crippen MR) is 193 cm³/mol. The van der Waals surface area contributed by atoms with Crippen LogP contribution in [0, 0.1) is 0 Å². The topological polar surface area (TPSA) is 127 Å². The van der Waals surface area contributed by atoms with Crippen LogP contribution in [-0.4, -0.2) is 132 Å². The van der Waals surface area contributed by atoms with Gasteiger partial charge in [-0.1, -0.05) is 0 Å². The molecule has 0 aromatic heterocycles. The molecule has 0 aliphatic carbocycles. The van der Waals surface area contributed by atoms with E-state index < -0.39 is 22.4 Å².